The molecule has 0 bridgehead atoms. The Bertz CT molecular complexity index is 861. The topological polar surface area (TPSA) is 122 Å². The number of nitriles is 1. The lowest BCUT2D eigenvalue weighted by atomic mass is 9.95. The monoisotopic (exact) mass is 367 g/mol. The Morgan fingerprint density at radius 1 is 0.963 bits per heavy atom. The van der Waals surface area contributed by atoms with Crippen molar-refractivity contribution in [3.8, 4) is 28.7 Å². The summed E-state index contributed by atoms with van der Waals surface area (Å²) in [5.41, 5.74) is 2.48. The van der Waals surface area contributed by atoms with Gasteiger partial charge in [0.25, 0.3) is 0 Å². The number of hydrogen-bond acceptors (Lipinski definition) is 5. The van der Waals surface area contributed by atoms with E-state index in [0.29, 0.717) is 30.4 Å². The quantitative estimate of drug-likeness (QED) is 0.502. The summed E-state index contributed by atoms with van der Waals surface area (Å²) in [5.74, 6) is -0.00725. The number of carbonyl (C=O) groups is 2. The molecule has 27 heavy (non-hydrogen) atoms. The number of aromatic hydroxyl groups is 2. The first kappa shape index (κ1) is 19.8. The Morgan fingerprint density at radius 3 is 1.96 bits per heavy atom. The predicted octanol–water partition coefficient (Wildman–Crippen LogP) is 1.62. The van der Waals surface area contributed by atoms with Gasteiger partial charge in [-0.05, 0) is 48.7 Å². The fraction of sp³-hybridized carbons (Fsp3) is 0.250. The lowest BCUT2D eigenvalue weighted by Crippen LogP contribution is -2.28. The largest absolute Gasteiger partial charge is 0.507 e. The molecule has 0 spiro atoms. The van der Waals surface area contributed by atoms with E-state index in [1.54, 1.807) is 24.3 Å². The van der Waals surface area contributed by atoms with Crippen molar-refractivity contribution in [1.29, 1.82) is 5.26 Å². The summed E-state index contributed by atoms with van der Waals surface area (Å²) in [7, 11) is 0. The molecule has 2 rings (SSSR count). The van der Waals surface area contributed by atoms with E-state index in [0.717, 1.165) is 11.1 Å². The third-order valence-corrected chi connectivity index (χ3v) is 4.17. The van der Waals surface area contributed by atoms with Crippen molar-refractivity contribution in [1.82, 2.24) is 10.6 Å². The summed E-state index contributed by atoms with van der Waals surface area (Å²) in [6.07, 6.45) is 1.94. The zero-order chi connectivity index (χ0) is 19.8. The van der Waals surface area contributed by atoms with Gasteiger partial charge in [0, 0.05) is 23.6 Å². The van der Waals surface area contributed by atoms with Crippen LogP contribution in [-0.4, -0.2) is 35.1 Å². The molecule has 0 fully saturated rings. The van der Waals surface area contributed by atoms with Crippen molar-refractivity contribution < 1.29 is 19.8 Å². The van der Waals surface area contributed by atoms with Crippen LogP contribution in [0.4, 0.5) is 0 Å². The van der Waals surface area contributed by atoms with Crippen molar-refractivity contribution in [3.05, 3.63) is 47.5 Å². The minimum Gasteiger partial charge on any atom is -0.507 e. The zero-order valence-electron chi connectivity index (χ0n) is 14.8. The molecular formula is C20H21N3O4. The fourth-order valence-corrected chi connectivity index (χ4v) is 2.84. The summed E-state index contributed by atoms with van der Waals surface area (Å²) in [5, 5.41) is 34.7. The molecule has 0 unspecified atom stereocenters. The summed E-state index contributed by atoms with van der Waals surface area (Å²) in [4.78, 5) is 21.1. The molecule has 0 aliphatic rings. The molecule has 2 amide bonds. The van der Waals surface area contributed by atoms with Crippen LogP contribution in [-0.2, 0) is 22.4 Å². The first-order chi connectivity index (χ1) is 13.0. The minimum atomic E-state index is -0.685. The molecule has 0 aromatic heterocycles. The van der Waals surface area contributed by atoms with E-state index in [9.17, 15) is 19.8 Å². The van der Waals surface area contributed by atoms with Gasteiger partial charge in [-0.3, -0.25) is 9.59 Å². The maximum absolute atomic E-state index is 10.6. The maximum Gasteiger partial charge on any atom is 0.208 e. The second-order valence-electron chi connectivity index (χ2n) is 6.26. The number of amides is 2. The van der Waals surface area contributed by atoms with Gasteiger partial charge in [-0.1, -0.05) is 12.1 Å². The molecule has 7 nitrogen and oxygen atoms in total. The second kappa shape index (κ2) is 9.25. The van der Waals surface area contributed by atoms with E-state index in [2.05, 4.69) is 10.6 Å². The fourth-order valence-electron chi connectivity index (χ4n) is 2.84. The Kier molecular flexibility index (Phi) is 6.78. The smallest absolute Gasteiger partial charge is 0.208 e. The van der Waals surface area contributed by atoms with Crippen molar-refractivity contribution in [2.45, 2.75) is 31.8 Å². The highest BCUT2D eigenvalue weighted by Crippen LogP contribution is 2.37. The highest BCUT2D eigenvalue weighted by atomic mass is 16.3. The molecule has 2 aromatic carbocycles. The van der Waals surface area contributed by atoms with E-state index >= 15 is 0 Å². The van der Waals surface area contributed by atoms with Crippen LogP contribution >= 0.6 is 0 Å². The van der Waals surface area contributed by atoms with Crippen molar-refractivity contribution in [2.24, 2.45) is 0 Å². The molecule has 0 saturated heterocycles. The van der Waals surface area contributed by atoms with Crippen LogP contribution in [0.15, 0.2) is 36.4 Å². The van der Waals surface area contributed by atoms with Crippen molar-refractivity contribution >= 4 is 12.8 Å². The summed E-state index contributed by atoms with van der Waals surface area (Å²) < 4.78 is 0. The van der Waals surface area contributed by atoms with Crippen LogP contribution in [0.5, 0.6) is 11.5 Å². The molecule has 0 aliphatic carbocycles. The summed E-state index contributed by atoms with van der Waals surface area (Å²) in [6.45, 7) is 1.86. The van der Waals surface area contributed by atoms with Gasteiger partial charge in [-0.2, -0.15) is 5.26 Å². The molecular weight excluding hydrogens is 346 g/mol. The SMILES string of the molecule is C[C@H](Cc1ccc(O)c(-c2cc(C[C@@H](C#N)NC=O)ccc2O)c1)NC=O. The van der Waals surface area contributed by atoms with Gasteiger partial charge in [0.05, 0.1) is 6.07 Å². The molecule has 2 atom stereocenters. The highest BCUT2D eigenvalue weighted by molar-refractivity contribution is 5.76. The minimum absolute atomic E-state index is 0.00468. The van der Waals surface area contributed by atoms with Gasteiger partial charge in [0.2, 0.25) is 12.8 Å². The zero-order valence-corrected chi connectivity index (χ0v) is 14.8. The number of benzene rings is 2. The Hall–Kier alpha value is -3.53. The third kappa shape index (κ3) is 5.22. The number of carbonyl (C=O) groups excluding carboxylic acids is 2. The molecule has 0 saturated carbocycles. The lowest BCUT2D eigenvalue weighted by Gasteiger charge is -2.14. The van der Waals surface area contributed by atoms with Gasteiger partial charge in [0.15, 0.2) is 0 Å². The van der Waals surface area contributed by atoms with Crippen molar-refractivity contribution in [3.63, 3.8) is 0 Å². The van der Waals surface area contributed by atoms with E-state index in [4.69, 9.17) is 5.26 Å². The summed E-state index contributed by atoms with van der Waals surface area (Å²) in [6, 6.07) is 11.1. The molecule has 7 heteroatoms. The van der Waals surface area contributed by atoms with E-state index in [-0.39, 0.29) is 24.0 Å². The number of rotatable bonds is 9. The van der Waals surface area contributed by atoms with Gasteiger partial charge in [-0.25, -0.2) is 0 Å². The standard InChI is InChI=1S/C20H21N3O4/c1-13(22-11-24)6-14-2-4-19(26)17(8-14)18-9-15(3-5-20(18)27)7-16(10-21)23-12-25/h2-5,8-9,11-13,16,26-27H,6-7H2,1H3,(H,22,24)(H,23,25)/t13-,16+/m1/s1. The Morgan fingerprint density at radius 2 is 1.48 bits per heavy atom. The average Bonchev–Trinajstić information content (AvgIpc) is 2.64. The number of phenols is 2. The van der Waals surface area contributed by atoms with E-state index < -0.39 is 6.04 Å². The van der Waals surface area contributed by atoms with Gasteiger partial charge in [0.1, 0.15) is 17.5 Å². The second-order valence-corrected chi connectivity index (χ2v) is 6.26. The molecule has 2 aromatic rings. The third-order valence-electron chi connectivity index (χ3n) is 4.17. The van der Waals surface area contributed by atoms with Crippen LogP contribution in [0, 0.1) is 11.3 Å². The number of hydrogen-bond donors (Lipinski definition) is 4. The Balaban J connectivity index is 2.36. The van der Waals surface area contributed by atoms with Gasteiger partial charge in [-0.15, -0.1) is 0 Å². The average molecular weight is 367 g/mol. The van der Waals surface area contributed by atoms with Crippen LogP contribution in [0.2, 0.25) is 0 Å². The van der Waals surface area contributed by atoms with Gasteiger partial charge >= 0.3 is 0 Å². The number of phenolic OH excluding ortho intramolecular Hbond substituents is 2. The van der Waals surface area contributed by atoms with Crippen LogP contribution in [0.25, 0.3) is 11.1 Å². The Labute approximate surface area is 157 Å². The first-order valence-corrected chi connectivity index (χ1v) is 8.41. The number of nitrogens with one attached hydrogen (secondary N) is 2. The molecule has 0 radical (unpaired) electrons. The normalized spacial score (nSPS) is 12.4. The molecule has 140 valence electrons. The first-order valence-electron chi connectivity index (χ1n) is 8.41. The maximum atomic E-state index is 10.6. The van der Waals surface area contributed by atoms with Crippen LogP contribution in [0.1, 0.15) is 18.1 Å². The van der Waals surface area contributed by atoms with Crippen molar-refractivity contribution in [2.75, 3.05) is 0 Å². The molecule has 4 N–H and O–H groups in total. The molecule has 0 aliphatic heterocycles. The predicted molar refractivity (Wildman–Crippen MR) is 99.9 cm³/mol. The van der Waals surface area contributed by atoms with E-state index in [1.165, 1.54) is 12.1 Å². The highest BCUT2D eigenvalue weighted by Gasteiger charge is 2.14. The molecule has 0 heterocycles. The lowest BCUT2D eigenvalue weighted by molar-refractivity contribution is -0.110. The number of nitrogens with zero attached hydrogens (tertiary/aromatic N) is 1. The van der Waals surface area contributed by atoms with E-state index in [1.807, 2.05) is 13.0 Å². The summed E-state index contributed by atoms with van der Waals surface area (Å²) >= 11 is 0. The van der Waals surface area contributed by atoms with Crippen LogP contribution in [0.3, 0.4) is 0 Å². The van der Waals surface area contributed by atoms with Crippen LogP contribution < -0.4 is 10.6 Å². The van der Waals surface area contributed by atoms with Gasteiger partial charge < -0.3 is 20.8 Å².